The van der Waals surface area contributed by atoms with E-state index in [1.165, 1.54) is 31.2 Å². The van der Waals surface area contributed by atoms with Crippen LogP contribution >= 0.6 is 0 Å². The smallest absolute Gasteiger partial charge is 0.118 e. The number of benzene rings is 1. The van der Waals surface area contributed by atoms with Gasteiger partial charge < -0.3 is 14.8 Å². The second kappa shape index (κ2) is 7.29. The number of nitrogens with one attached hydrogen (secondary N) is 1. The summed E-state index contributed by atoms with van der Waals surface area (Å²) in [4.78, 5) is 12.2. The summed E-state index contributed by atoms with van der Waals surface area (Å²) in [5, 5.41) is 11.0. The van der Waals surface area contributed by atoms with Crippen LogP contribution in [0, 0.1) is 0 Å². The van der Waals surface area contributed by atoms with E-state index in [1.54, 1.807) is 0 Å². The van der Waals surface area contributed by atoms with Gasteiger partial charge in [0.2, 0.25) is 0 Å². The fourth-order valence-electron chi connectivity index (χ4n) is 3.08. The van der Waals surface area contributed by atoms with E-state index in [-0.39, 0.29) is 6.54 Å². The molecule has 1 N–H and O–H groups in total. The van der Waals surface area contributed by atoms with Gasteiger partial charge in [-0.1, -0.05) is 43.2 Å². The van der Waals surface area contributed by atoms with Crippen LogP contribution in [-0.2, 0) is 11.3 Å². The Bertz CT molecular complexity index is 383. The first-order chi connectivity index (χ1) is 9.25. The van der Waals surface area contributed by atoms with Crippen molar-refractivity contribution >= 4 is 5.97 Å². The predicted octanol–water partition coefficient (Wildman–Crippen LogP) is 0.544. The SMILES string of the molecule is O=C([O-])C[NH+](Cc1ccccc1)C1CCCCCC1. The summed E-state index contributed by atoms with van der Waals surface area (Å²) < 4.78 is 0. The Hall–Kier alpha value is -1.35. The minimum Gasteiger partial charge on any atom is -0.544 e. The van der Waals surface area contributed by atoms with Crippen LogP contribution in [0.2, 0.25) is 0 Å². The van der Waals surface area contributed by atoms with Crippen LogP contribution in [-0.4, -0.2) is 18.6 Å². The molecule has 1 fully saturated rings. The maximum Gasteiger partial charge on any atom is 0.118 e. The summed E-state index contributed by atoms with van der Waals surface area (Å²) in [6.45, 7) is 0.916. The number of hydrogen-bond donors (Lipinski definition) is 1. The molecular formula is C16H23NO2. The van der Waals surface area contributed by atoms with Crippen molar-refractivity contribution < 1.29 is 14.8 Å². The number of aliphatic carboxylic acids is 1. The highest BCUT2D eigenvalue weighted by atomic mass is 16.4. The Morgan fingerprint density at radius 2 is 1.74 bits per heavy atom. The average Bonchev–Trinajstić information content (AvgIpc) is 2.67. The van der Waals surface area contributed by atoms with Gasteiger partial charge in [0.05, 0.1) is 12.0 Å². The second-order valence-corrected chi connectivity index (χ2v) is 5.56. The van der Waals surface area contributed by atoms with Gasteiger partial charge in [0, 0.05) is 5.56 Å². The van der Waals surface area contributed by atoms with Gasteiger partial charge in [0.1, 0.15) is 13.1 Å². The van der Waals surface area contributed by atoms with E-state index in [2.05, 4.69) is 12.1 Å². The van der Waals surface area contributed by atoms with Crippen LogP contribution in [0.15, 0.2) is 30.3 Å². The van der Waals surface area contributed by atoms with Crippen molar-refractivity contribution in [3.8, 4) is 0 Å². The number of carboxylic acid groups (broad SMARTS) is 1. The third-order valence-corrected chi connectivity index (χ3v) is 4.08. The fourth-order valence-corrected chi connectivity index (χ4v) is 3.08. The Balaban J connectivity index is 2.03. The van der Waals surface area contributed by atoms with E-state index < -0.39 is 5.97 Å². The van der Waals surface area contributed by atoms with E-state index in [0.717, 1.165) is 24.3 Å². The van der Waals surface area contributed by atoms with E-state index >= 15 is 0 Å². The van der Waals surface area contributed by atoms with Crippen LogP contribution in [0.5, 0.6) is 0 Å². The Kier molecular flexibility index (Phi) is 5.40. The van der Waals surface area contributed by atoms with Crippen molar-refractivity contribution in [3.05, 3.63) is 35.9 Å². The Labute approximate surface area is 115 Å². The third-order valence-electron chi connectivity index (χ3n) is 4.08. The zero-order chi connectivity index (χ0) is 13.5. The fraction of sp³-hybridized carbons (Fsp3) is 0.562. The molecule has 1 aliphatic rings. The molecule has 0 amide bonds. The first kappa shape index (κ1) is 14.1. The van der Waals surface area contributed by atoms with Crippen molar-refractivity contribution in [2.24, 2.45) is 0 Å². The lowest BCUT2D eigenvalue weighted by Crippen LogP contribution is -3.15. The van der Waals surface area contributed by atoms with Gasteiger partial charge in [0.15, 0.2) is 0 Å². The molecule has 0 saturated heterocycles. The van der Waals surface area contributed by atoms with Crippen molar-refractivity contribution in [2.45, 2.75) is 51.1 Å². The van der Waals surface area contributed by atoms with Crippen LogP contribution in [0.1, 0.15) is 44.1 Å². The van der Waals surface area contributed by atoms with Crippen LogP contribution in [0.25, 0.3) is 0 Å². The first-order valence-corrected chi connectivity index (χ1v) is 7.34. The summed E-state index contributed by atoms with van der Waals surface area (Å²) in [5.41, 5.74) is 1.21. The van der Waals surface area contributed by atoms with E-state index in [9.17, 15) is 9.90 Å². The minimum atomic E-state index is -0.935. The highest BCUT2D eigenvalue weighted by Crippen LogP contribution is 2.15. The van der Waals surface area contributed by atoms with Crippen molar-refractivity contribution in [3.63, 3.8) is 0 Å². The van der Waals surface area contributed by atoms with E-state index in [0.29, 0.717) is 6.04 Å². The average molecular weight is 261 g/mol. The molecule has 3 heteroatoms. The molecule has 1 aliphatic carbocycles. The molecule has 0 aliphatic heterocycles. The predicted molar refractivity (Wildman–Crippen MR) is 72.5 cm³/mol. The van der Waals surface area contributed by atoms with Gasteiger partial charge in [-0.15, -0.1) is 0 Å². The minimum absolute atomic E-state index is 0.125. The molecule has 0 bridgehead atoms. The molecule has 0 aromatic heterocycles. The van der Waals surface area contributed by atoms with Gasteiger partial charge >= 0.3 is 0 Å². The summed E-state index contributed by atoms with van der Waals surface area (Å²) in [5.74, 6) is -0.935. The molecule has 104 valence electrons. The van der Waals surface area contributed by atoms with Gasteiger partial charge in [-0.05, 0) is 25.7 Å². The highest BCUT2D eigenvalue weighted by molar-refractivity contribution is 5.65. The topological polar surface area (TPSA) is 44.6 Å². The molecule has 1 atom stereocenters. The first-order valence-electron chi connectivity index (χ1n) is 7.34. The number of hydrogen-bond acceptors (Lipinski definition) is 2. The lowest BCUT2D eigenvalue weighted by molar-refractivity contribution is -0.934. The summed E-state index contributed by atoms with van der Waals surface area (Å²) >= 11 is 0. The number of quaternary nitrogens is 1. The van der Waals surface area contributed by atoms with Crippen molar-refractivity contribution in [1.29, 1.82) is 0 Å². The van der Waals surface area contributed by atoms with Crippen LogP contribution in [0.3, 0.4) is 0 Å². The highest BCUT2D eigenvalue weighted by Gasteiger charge is 2.23. The summed E-state index contributed by atoms with van der Waals surface area (Å²) in [6.07, 6.45) is 7.35. The molecule has 0 radical (unpaired) electrons. The zero-order valence-corrected chi connectivity index (χ0v) is 11.4. The Morgan fingerprint density at radius 1 is 1.11 bits per heavy atom. The van der Waals surface area contributed by atoms with E-state index in [4.69, 9.17) is 0 Å². The molecular weight excluding hydrogens is 238 g/mol. The van der Waals surface area contributed by atoms with Gasteiger partial charge in [-0.2, -0.15) is 0 Å². The molecule has 2 rings (SSSR count). The number of carboxylic acids is 1. The molecule has 19 heavy (non-hydrogen) atoms. The van der Waals surface area contributed by atoms with Gasteiger partial charge in [-0.25, -0.2) is 0 Å². The number of carbonyl (C=O) groups excluding carboxylic acids is 1. The van der Waals surface area contributed by atoms with Crippen molar-refractivity contribution in [1.82, 2.24) is 0 Å². The molecule has 1 aromatic rings. The molecule has 1 saturated carbocycles. The molecule has 0 heterocycles. The van der Waals surface area contributed by atoms with Gasteiger partial charge in [0.25, 0.3) is 0 Å². The summed E-state index contributed by atoms with van der Waals surface area (Å²) in [6, 6.07) is 10.6. The number of rotatable bonds is 5. The summed E-state index contributed by atoms with van der Waals surface area (Å²) in [7, 11) is 0. The van der Waals surface area contributed by atoms with Crippen LogP contribution in [0.4, 0.5) is 0 Å². The monoisotopic (exact) mass is 261 g/mol. The molecule has 0 spiro atoms. The normalized spacial score (nSPS) is 18.7. The van der Waals surface area contributed by atoms with Gasteiger partial charge in [-0.3, -0.25) is 0 Å². The second-order valence-electron chi connectivity index (χ2n) is 5.56. The zero-order valence-electron chi connectivity index (χ0n) is 11.4. The molecule has 1 aromatic carbocycles. The maximum atomic E-state index is 11.0. The maximum absolute atomic E-state index is 11.0. The quantitative estimate of drug-likeness (QED) is 0.787. The number of carbonyl (C=O) groups is 1. The molecule has 3 nitrogen and oxygen atoms in total. The lowest BCUT2D eigenvalue weighted by Gasteiger charge is -2.28. The Morgan fingerprint density at radius 3 is 2.32 bits per heavy atom. The largest absolute Gasteiger partial charge is 0.544 e. The lowest BCUT2D eigenvalue weighted by atomic mass is 10.1. The van der Waals surface area contributed by atoms with E-state index in [1.807, 2.05) is 18.2 Å². The third kappa shape index (κ3) is 4.67. The molecule has 1 unspecified atom stereocenters. The van der Waals surface area contributed by atoms with Crippen molar-refractivity contribution in [2.75, 3.05) is 6.54 Å². The standard InChI is InChI=1S/C16H23NO2/c18-16(19)13-17(12-14-8-4-3-5-9-14)15-10-6-1-2-7-11-15/h3-5,8-9,15H,1-2,6-7,10-13H2,(H,18,19). The van der Waals surface area contributed by atoms with Crippen LogP contribution < -0.4 is 10.0 Å².